The number of H-pyrrole nitrogens is 1. The summed E-state index contributed by atoms with van der Waals surface area (Å²) in [6.45, 7) is 7.10. The van der Waals surface area contributed by atoms with Gasteiger partial charge in [-0.2, -0.15) is 9.28 Å². The topological polar surface area (TPSA) is 117 Å². The summed E-state index contributed by atoms with van der Waals surface area (Å²) in [5.74, 6) is -0.667. The van der Waals surface area contributed by atoms with Crippen LogP contribution in [0.25, 0.3) is 0 Å². The third kappa shape index (κ3) is 6.36. The summed E-state index contributed by atoms with van der Waals surface area (Å²) >= 11 is 7.01. The van der Waals surface area contributed by atoms with E-state index >= 15 is 0 Å². The summed E-state index contributed by atoms with van der Waals surface area (Å²) in [5, 5.41) is 20.4. The molecule has 8 nitrogen and oxygen atoms in total. The van der Waals surface area contributed by atoms with E-state index in [1.807, 2.05) is 45.0 Å². The number of rotatable bonds is 6. The molecule has 4 atom stereocenters. The molecule has 1 amide bonds. The van der Waals surface area contributed by atoms with E-state index in [0.29, 0.717) is 24.5 Å². The van der Waals surface area contributed by atoms with Gasteiger partial charge >= 0.3 is 18.0 Å². The molecule has 10 heteroatoms. The number of benzene rings is 2. The number of aliphatic carboxylic acids is 1. The molecule has 1 aromatic heterocycles. The van der Waals surface area contributed by atoms with Crippen LogP contribution in [0.1, 0.15) is 92.2 Å². The number of allylic oxidation sites excluding steroid dienone is 1. The number of carboxylic acid groups (broad SMARTS) is 2. The summed E-state index contributed by atoms with van der Waals surface area (Å²) in [7, 11) is 1.41. The Morgan fingerprint density at radius 3 is 2.02 bits per heavy atom. The first-order chi connectivity index (χ1) is 22.1. The van der Waals surface area contributed by atoms with Gasteiger partial charge in [0.05, 0.1) is 7.11 Å². The van der Waals surface area contributed by atoms with Crippen LogP contribution in [0.4, 0.5) is 4.79 Å². The minimum absolute atomic E-state index is 0.190. The summed E-state index contributed by atoms with van der Waals surface area (Å²) in [6.07, 6.45) is 4.68. The molecule has 0 bridgehead atoms. The van der Waals surface area contributed by atoms with Crippen LogP contribution in [0.2, 0.25) is 0 Å². The van der Waals surface area contributed by atoms with Gasteiger partial charge in [0, 0.05) is 34.4 Å². The lowest BCUT2D eigenvalue weighted by atomic mass is 9.83. The standard InChI is InChI=1S/C21H26BrNO4.C16H16BrNO2/c1-20(2,3)23(19(26)27)17-9-8-14(10-13-6-5-7-15(22)11-13)16(17)12-21(23,4)18(24)25;1-20-16(19)15-9-13-11(5-6-14(13)18-15)7-10-3-2-4-12(17)8-10/h5-7,11,14H,8-10,12H2,1-4H3,(H-,24,25,26,27);2-4,8-9,11,18H,5-7H2,1H3/p+1. The number of aromatic nitrogens is 1. The smallest absolute Gasteiger partial charge is 0.477 e. The maximum atomic E-state index is 12.6. The fourth-order valence-corrected chi connectivity index (χ4v) is 9.28. The van der Waals surface area contributed by atoms with Crippen molar-refractivity contribution in [3.05, 3.63) is 103 Å². The number of ether oxygens (including phenoxy) is 1. The Labute approximate surface area is 293 Å². The number of carbonyl (C=O) groups excluding carboxylic acids is 1. The third-order valence-electron chi connectivity index (χ3n) is 10.3. The number of aromatic amines is 1. The number of hydrogen-bond donors (Lipinski definition) is 3. The lowest BCUT2D eigenvalue weighted by Gasteiger charge is -2.49. The Bertz CT molecular complexity index is 1740. The van der Waals surface area contributed by atoms with Gasteiger partial charge in [0.25, 0.3) is 0 Å². The van der Waals surface area contributed by atoms with Crippen LogP contribution in [0.5, 0.6) is 0 Å². The molecule has 250 valence electrons. The normalized spacial score (nSPS) is 24.7. The first-order valence-electron chi connectivity index (χ1n) is 16.0. The Morgan fingerprint density at radius 1 is 0.936 bits per heavy atom. The number of carbonyl (C=O) groups is 3. The van der Waals surface area contributed by atoms with E-state index in [4.69, 9.17) is 4.74 Å². The van der Waals surface area contributed by atoms with Crippen LogP contribution in [0.3, 0.4) is 0 Å². The molecular weight excluding hydrogens is 728 g/mol. The molecule has 3 N–H and O–H groups in total. The largest absolute Gasteiger partial charge is 0.519 e. The first kappa shape index (κ1) is 35.1. The van der Waals surface area contributed by atoms with E-state index in [-0.39, 0.29) is 11.9 Å². The van der Waals surface area contributed by atoms with Crippen molar-refractivity contribution < 1.29 is 33.8 Å². The van der Waals surface area contributed by atoms with Crippen LogP contribution in [-0.4, -0.2) is 55.9 Å². The van der Waals surface area contributed by atoms with Gasteiger partial charge in [0.1, 0.15) is 16.9 Å². The number of aryl methyl sites for hydroxylation is 1. The van der Waals surface area contributed by atoms with Crippen molar-refractivity contribution >= 4 is 49.9 Å². The zero-order valence-corrected chi connectivity index (χ0v) is 30.7. The molecule has 6 rings (SSSR count). The zero-order chi connectivity index (χ0) is 34.3. The van der Waals surface area contributed by atoms with E-state index in [1.165, 1.54) is 29.5 Å². The number of nitrogens with zero attached hydrogens (tertiary/aromatic N) is 1. The molecule has 2 aromatic carbocycles. The van der Waals surface area contributed by atoms with Gasteiger partial charge in [0.2, 0.25) is 5.54 Å². The highest BCUT2D eigenvalue weighted by Gasteiger charge is 2.72. The summed E-state index contributed by atoms with van der Waals surface area (Å²) in [4.78, 5) is 39.7. The van der Waals surface area contributed by atoms with E-state index in [1.54, 1.807) is 6.92 Å². The Hall–Kier alpha value is -3.21. The van der Waals surface area contributed by atoms with Gasteiger partial charge in [-0.15, -0.1) is 0 Å². The molecule has 2 heterocycles. The van der Waals surface area contributed by atoms with Gasteiger partial charge in [-0.05, 0) is 117 Å². The Kier molecular flexibility index (Phi) is 9.98. The molecule has 4 unspecified atom stereocenters. The van der Waals surface area contributed by atoms with Crippen molar-refractivity contribution in [1.82, 2.24) is 4.98 Å². The van der Waals surface area contributed by atoms with Crippen molar-refractivity contribution in [2.24, 2.45) is 5.92 Å². The average Bonchev–Trinajstić information content (AvgIpc) is 3.74. The van der Waals surface area contributed by atoms with E-state index < -0.39 is 27.6 Å². The predicted octanol–water partition coefficient (Wildman–Crippen LogP) is 9.03. The average molecular weight is 772 g/mol. The molecule has 0 radical (unpaired) electrons. The maximum absolute atomic E-state index is 12.6. The molecule has 1 aliphatic heterocycles. The highest BCUT2D eigenvalue weighted by Crippen LogP contribution is 2.57. The van der Waals surface area contributed by atoms with E-state index in [2.05, 4.69) is 67.2 Å². The number of methoxy groups -OCH3 is 1. The van der Waals surface area contributed by atoms with Crippen molar-refractivity contribution in [3.8, 4) is 0 Å². The third-order valence-corrected chi connectivity index (χ3v) is 11.3. The monoisotopic (exact) mass is 769 g/mol. The van der Waals surface area contributed by atoms with E-state index in [9.17, 15) is 24.6 Å². The number of quaternary nitrogens is 1. The molecular formula is C37H43Br2N2O6+. The number of carboxylic acids is 1. The maximum Gasteiger partial charge on any atom is 0.519 e. The van der Waals surface area contributed by atoms with Crippen molar-refractivity contribution in [3.63, 3.8) is 0 Å². The van der Waals surface area contributed by atoms with Gasteiger partial charge in [-0.25, -0.2) is 9.59 Å². The number of hydrogen-bond acceptors (Lipinski definition) is 4. The predicted molar refractivity (Wildman–Crippen MR) is 187 cm³/mol. The second kappa shape index (κ2) is 13.4. The number of nitrogens with one attached hydrogen (secondary N) is 1. The molecule has 47 heavy (non-hydrogen) atoms. The molecule has 0 saturated heterocycles. The SMILES string of the molecule is CC(C)(C)[N+]1(C(=O)O)C2=C(CC1(C)C(=O)O)C(Cc1cccc(Br)c1)CC2.COC(=O)c1cc2c([nH]1)CCC2Cc1cccc(Br)c1. The molecule has 3 aromatic rings. The Morgan fingerprint density at radius 2 is 1.51 bits per heavy atom. The fraction of sp³-hybridized carbons (Fsp3) is 0.432. The van der Waals surface area contributed by atoms with Crippen LogP contribution >= 0.6 is 31.9 Å². The van der Waals surface area contributed by atoms with Crippen molar-refractivity contribution in [2.45, 2.75) is 89.6 Å². The minimum atomic E-state index is -1.40. The Balaban J connectivity index is 0.000000193. The highest BCUT2D eigenvalue weighted by atomic mass is 79.9. The van der Waals surface area contributed by atoms with Crippen LogP contribution < -0.4 is 0 Å². The number of halogens is 2. The van der Waals surface area contributed by atoms with Gasteiger partial charge in [-0.3, -0.25) is 0 Å². The van der Waals surface area contributed by atoms with Gasteiger partial charge in [-0.1, -0.05) is 56.1 Å². The zero-order valence-electron chi connectivity index (χ0n) is 27.5. The van der Waals surface area contributed by atoms with Crippen LogP contribution in [0, 0.1) is 5.92 Å². The second-order valence-corrected chi connectivity index (χ2v) is 15.9. The molecule has 0 saturated carbocycles. The second-order valence-electron chi connectivity index (χ2n) is 14.1. The molecule has 0 spiro atoms. The highest BCUT2D eigenvalue weighted by molar-refractivity contribution is 9.10. The van der Waals surface area contributed by atoms with Crippen LogP contribution in [0.15, 0.2) is 74.8 Å². The lowest BCUT2D eigenvalue weighted by molar-refractivity contribution is -0.902. The molecule has 2 aliphatic carbocycles. The fourth-order valence-electron chi connectivity index (χ4n) is 8.39. The molecule has 3 aliphatic rings. The van der Waals surface area contributed by atoms with Crippen molar-refractivity contribution in [2.75, 3.05) is 7.11 Å². The minimum Gasteiger partial charge on any atom is -0.477 e. The summed E-state index contributed by atoms with van der Waals surface area (Å²) in [6, 6.07) is 18.5. The number of likely N-dealkylation sites (tertiary alicyclic amines) is 1. The first-order valence-corrected chi connectivity index (χ1v) is 17.6. The summed E-state index contributed by atoms with van der Waals surface area (Å²) in [5.41, 5.74) is 5.20. The van der Waals surface area contributed by atoms with Gasteiger partial charge < -0.3 is 19.9 Å². The number of esters is 1. The van der Waals surface area contributed by atoms with Crippen molar-refractivity contribution in [1.29, 1.82) is 0 Å². The lowest BCUT2D eigenvalue weighted by Crippen LogP contribution is -2.73. The molecule has 0 fully saturated rings. The van der Waals surface area contributed by atoms with Gasteiger partial charge in [0.15, 0.2) is 0 Å². The van der Waals surface area contributed by atoms with E-state index in [0.717, 1.165) is 52.3 Å². The number of amides is 1. The number of fused-ring (bicyclic) bond motifs is 1. The van der Waals surface area contributed by atoms with Crippen LogP contribution in [-0.2, 0) is 28.8 Å². The quantitative estimate of drug-likeness (QED) is 0.170. The summed E-state index contributed by atoms with van der Waals surface area (Å²) < 4.78 is 6.39.